The summed E-state index contributed by atoms with van der Waals surface area (Å²) in [7, 11) is 0. The van der Waals surface area contributed by atoms with E-state index in [9.17, 15) is 28.4 Å². The number of nitriles is 1. The molecule has 22 heteroatoms. The van der Waals surface area contributed by atoms with E-state index in [0.717, 1.165) is 11.3 Å². The molecule has 2 amide bonds. The van der Waals surface area contributed by atoms with Crippen LogP contribution < -0.4 is 15.5 Å². The maximum absolute atomic E-state index is 15.0. The highest BCUT2D eigenvalue weighted by atomic mass is 35.5. The number of nitrogens with zero attached hydrogens (tertiary/aromatic N) is 14. The van der Waals surface area contributed by atoms with Gasteiger partial charge in [-0.3, -0.25) is 19.5 Å². The topological polar surface area (TPSA) is 186 Å². The Kier molecular flexibility index (Phi) is 16.8. The van der Waals surface area contributed by atoms with E-state index < -0.39 is 23.6 Å². The average Bonchev–Trinajstić information content (AvgIpc) is 3.50. The Morgan fingerprint density at radius 1 is 0.821 bits per heavy atom. The van der Waals surface area contributed by atoms with Gasteiger partial charge in [-0.25, -0.2) is 38.7 Å². The first-order valence-corrected chi connectivity index (χ1v) is 26.3. The van der Waals surface area contributed by atoms with Crippen molar-refractivity contribution in [2.75, 3.05) is 42.5 Å². The summed E-state index contributed by atoms with van der Waals surface area (Å²) < 4.78 is 30.8. The molecule has 9 rings (SSSR count). The van der Waals surface area contributed by atoms with Gasteiger partial charge in [0, 0.05) is 56.6 Å². The third kappa shape index (κ3) is 10.8. The third-order valence-corrected chi connectivity index (χ3v) is 14.8. The number of amides is 2. The average molecular weight is 1120 g/mol. The van der Waals surface area contributed by atoms with Crippen molar-refractivity contribution in [3.05, 3.63) is 152 Å². The number of hydrogen-bond acceptors (Lipinski definition) is 14. The first-order chi connectivity index (χ1) is 37.1. The van der Waals surface area contributed by atoms with Crippen molar-refractivity contribution in [1.82, 2.24) is 49.2 Å². The highest BCUT2D eigenvalue weighted by molar-refractivity contribution is 6.41. The Morgan fingerprint density at radius 2 is 1.51 bits per heavy atom. The van der Waals surface area contributed by atoms with Gasteiger partial charge in [0.25, 0.3) is 0 Å². The molecule has 0 aliphatic carbocycles. The van der Waals surface area contributed by atoms with Gasteiger partial charge in [0.2, 0.25) is 11.8 Å². The SMILES string of the molecule is C=CC(=O)N1CC(C)N(C2=NC(=C)N(c3c(C)nc(F)nc3C(C)C)c3nc(-c4ccccc4F)c(Cl)cc32)CC1C.C=CC(=O)N1CCN(c2nc(=O)n(-c3c(C)ccnc3C(C)C)c3nc(Cl)c(Cl)cc23)CC1CC#N. The minimum atomic E-state index is -0.835. The summed E-state index contributed by atoms with van der Waals surface area (Å²) >= 11 is 19.5. The molecule has 0 radical (unpaired) electrons. The van der Waals surface area contributed by atoms with Crippen LogP contribution in [0.25, 0.3) is 28.0 Å². The van der Waals surface area contributed by atoms with Gasteiger partial charge in [-0.05, 0) is 87.6 Å². The van der Waals surface area contributed by atoms with Gasteiger partial charge >= 0.3 is 11.8 Å². The van der Waals surface area contributed by atoms with Crippen LogP contribution in [0, 0.1) is 37.1 Å². The molecule has 3 atom stereocenters. The van der Waals surface area contributed by atoms with Crippen molar-refractivity contribution < 1.29 is 18.4 Å². The Hall–Kier alpha value is -7.66. The normalized spacial score (nSPS) is 17.4. The molecule has 3 aliphatic rings. The van der Waals surface area contributed by atoms with Crippen molar-refractivity contribution >= 4 is 80.8 Å². The van der Waals surface area contributed by atoms with Gasteiger partial charge in [0.05, 0.1) is 73.7 Å². The fourth-order valence-electron chi connectivity index (χ4n) is 10.1. The minimum absolute atomic E-state index is 0.0338. The molecule has 0 N–H and O–H groups in total. The number of piperazine rings is 2. The molecule has 0 bridgehead atoms. The number of pyridine rings is 3. The standard InChI is InChI=1S/C31H32ClF2N7O.C25H25Cl2N7O2/c1-8-25(42)39-14-18(5)40(15-17(39)4)29-22-13-23(32)27(21-11-9-10-12-24(21)33)37-30(22)41(20(7)36-29)28-19(6)35-31(34)38-26(28)16(2)3;1-5-19(35)33-11-10-32(13-16(33)6-8-28)23-17-12-18(26)22(27)30-24(17)34(25(36)31-23)21-15(4)7-9-29-20(21)14(2)3/h8-13,16-18H,1,7,14-15H2,2-6H3;5,7,9,12,14,16H,1,6,10-11,13H2,2-4H3. The largest absolute Gasteiger partial charge is 0.355 e. The number of fused-ring (bicyclic) bond motifs is 2. The van der Waals surface area contributed by atoms with Gasteiger partial charge in [-0.1, -0.05) is 94.4 Å². The van der Waals surface area contributed by atoms with Crippen LogP contribution >= 0.6 is 34.8 Å². The molecule has 1 aromatic carbocycles. The second kappa shape index (κ2) is 23.1. The fourth-order valence-corrected chi connectivity index (χ4v) is 10.6. The molecule has 404 valence electrons. The highest BCUT2D eigenvalue weighted by Crippen LogP contribution is 2.44. The molecule has 0 saturated carbocycles. The van der Waals surface area contributed by atoms with Gasteiger partial charge in [0.15, 0.2) is 11.5 Å². The Balaban J connectivity index is 0.000000208. The van der Waals surface area contributed by atoms with Crippen molar-refractivity contribution in [2.24, 2.45) is 4.99 Å². The van der Waals surface area contributed by atoms with Crippen LogP contribution in [-0.2, 0) is 9.59 Å². The van der Waals surface area contributed by atoms with Gasteiger partial charge in [-0.2, -0.15) is 14.6 Å². The molecule has 17 nitrogen and oxygen atoms in total. The molecule has 2 saturated heterocycles. The fraction of sp³-hybridized carbons (Fsp3) is 0.339. The van der Waals surface area contributed by atoms with E-state index >= 15 is 0 Å². The van der Waals surface area contributed by atoms with E-state index in [1.807, 2.05) is 59.4 Å². The minimum Gasteiger partial charge on any atom is -0.352 e. The molecular weight excluding hydrogens is 1060 g/mol. The summed E-state index contributed by atoms with van der Waals surface area (Å²) in [5.41, 5.74) is 4.31. The number of rotatable bonds is 9. The second-order valence-corrected chi connectivity index (χ2v) is 20.9. The number of carbonyl (C=O) groups excluding carboxylic acids is 2. The van der Waals surface area contributed by atoms with E-state index in [0.29, 0.717) is 95.4 Å². The lowest BCUT2D eigenvalue weighted by Gasteiger charge is -2.46. The molecule has 3 unspecified atom stereocenters. The monoisotopic (exact) mass is 1120 g/mol. The summed E-state index contributed by atoms with van der Waals surface area (Å²) in [4.78, 5) is 78.9. The number of halogens is 5. The van der Waals surface area contributed by atoms with Crippen molar-refractivity contribution in [3.8, 4) is 23.0 Å². The first kappa shape index (κ1) is 56.5. The van der Waals surface area contributed by atoms with Crippen LogP contribution in [-0.4, -0.2) is 118 Å². The van der Waals surface area contributed by atoms with E-state index in [2.05, 4.69) is 55.6 Å². The van der Waals surface area contributed by atoms with Crippen LogP contribution in [0.15, 0.2) is 96.2 Å². The highest BCUT2D eigenvalue weighted by Gasteiger charge is 2.39. The number of hydrogen-bond donors (Lipinski definition) is 0. The quantitative estimate of drug-likeness (QED) is 0.0757. The predicted octanol–water partition coefficient (Wildman–Crippen LogP) is 10.4. The maximum atomic E-state index is 15.0. The number of carbonyl (C=O) groups is 2. The van der Waals surface area contributed by atoms with Crippen LogP contribution in [0.4, 0.5) is 26.1 Å². The van der Waals surface area contributed by atoms with Crippen LogP contribution in [0.5, 0.6) is 0 Å². The Bertz CT molecular complexity index is 3560. The van der Waals surface area contributed by atoms with E-state index in [-0.39, 0.29) is 68.6 Å². The number of aryl methyl sites for hydroxylation is 2. The second-order valence-electron chi connectivity index (χ2n) is 19.8. The van der Waals surface area contributed by atoms with Crippen molar-refractivity contribution in [2.45, 2.75) is 91.8 Å². The molecule has 78 heavy (non-hydrogen) atoms. The summed E-state index contributed by atoms with van der Waals surface area (Å²) in [6.07, 6.45) is 3.56. The smallest absolute Gasteiger partial charge is 0.352 e. The molecule has 3 aliphatic heterocycles. The Labute approximate surface area is 465 Å². The van der Waals surface area contributed by atoms with Gasteiger partial charge in [0.1, 0.15) is 28.4 Å². The van der Waals surface area contributed by atoms with Gasteiger partial charge < -0.3 is 19.6 Å². The molecule has 0 spiro atoms. The summed E-state index contributed by atoms with van der Waals surface area (Å²) in [6.45, 7) is 28.8. The summed E-state index contributed by atoms with van der Waals surface area (Å²) in [6, 6.07) is 12.9. The van der Waals surface area contributed by atoms with E-state index in [4.69, 9.17) is 44.8 Å². The number of benzene rings is 1. The molecular formula is C56H57Cl3F2N14O3. The zero-order chi connectivity index (χ0) is 56.6. The molecule has 6 aromatic rings. The molecule has 5 aromatic heterocycles. The van der Waals surface area contributed by atoms with E-state index in [1.165, 1.54) is 22.8 Å². The van der Waals surface area contributed by atoms with Crippen LogP contribution in [0.2, 0.25) is 15.2 Å². The zero-order valence-electron chi connectivity index (χ0n) is 44.4. The predicted molar refractivity (Wildman–Crippen MR) is 301 cm³/mol. The third-order valence-electron chi connectivity index (χ3n) is 13.8. The maximum Gasteiger partial charge on any atom is 0.355 e. The van der Waals surface area contributed by atoms with Crippen LogP contribution in [0.3, 0.4) is 0 Å². The summed E-state index contributed by atoms with van der Waals surface area (Å²) in [5.74, 6) is 0.635. The van der Waals surface area contributed by atoms with Crippen LogP contribution in [0.1, 0.15) is 88.0 Å². The summed E-state index contributed by atoms with van der Waals surface area (Å²) in [5, 5.41) is 10.4. The number of aliphatic imine (C=N–C) groups is 1. The first-order valence-electron chi connectivity index (χ1n) is 25.2. The van der Waals surface area contributed by atoms with Crippen molar-refractivity contribution in [3.63, 3.8) is 0 Å². The zero-order valence-corrected chi connectivity index (χ0v) is 46.7. The van der Waals surface area contributed by atoms with E-state index in [1.54, 1.807) is 58.2 Å². The number of amidine groups is 1. The lowest BCUT2D eigenvalue weighted by molar-refractivity contribution is -0.131. The number of aromatic nitrogens is 7. The van der Waals surface area contributed by atoms with Gasteiger partial charge in [-0.15, -0.1) is 0 Å². The number of anilines is 3. The molecule has 8 heterocycles. The lowest BCUT2D eigenvalue weighted by atomic mass is 10.0. The lowest BCUT2D eigenvalue weighted by Crippen LogP contribution is -2.59. The van der Waals surface area contributed by atoms with Crippen molar-refractivity contribution in [1.29, 1.82) is 5.26 Å². The molecule has 2 fully saturated rings. The Morgan fingerprint density at radius 3 is 2.18 bits per heavy atom.